The van der Waals surface area contributed by atoms with Crippen molar-refractivity contribution in [2.45, 2.75) is 37.3 Å². The van der Waals surface area contributed by atoms with Crippen molar-refractivity contribution in [2.24, 2.45) is 0 Å². The van der Waals surface area contributed by atoms with Crippen molar-refractivity contribution in [1.82, 2.24) is 0 Å². The molecule has 1 fully saturated rings. The highest BCUT2D eigenvalue weighted by atomic mass is 16.7. The normalized spacial score (nSPS) is 23.2. The number of methoxy groups -OCH3 is 2. The van der Waals surface area contributed by atoms with E-state index in [1.165, 1.54) is 0 Å². The van der Waals surface area contributed by atoms with E-state index in [1.807, 2.05) is 48.5 Å². The van der Waals surface area contributed by atoms with Gasteiger partial charge < -0.3 is 38.6 Å². The summed E-state index contributed by atoms with van der Waals surface area (Å²) in [5.74, 6) is 1.31. The number of aliphatic hydroxyl groups excluding tert-OH is 2. The van der Waals surface area contributed by atoms with Gasteiger partial charge in [0, 0.05) is 14.2 Å². The molecule has 33 heavy (non-hydrogen) atoms. The molecule has 0 unspecified atom stereocenters. The quantitative estimate of drug-likeness (QED) is 0.495. The van der Waals surface area contributed by atoms with Gasteiger partial charge in [0.15, 0.2) is 0 Å². The zero-order chi connectivity index (χ0) is 23.5. The monoisotopic (exact) mass is 462 g/mol. The standard InChI is InChI=1S/C25H34O8/c1-28-13-11-18-3-7-20(8-4-18)30-15-22-24(26)25(27)23(33-17-32-22)16-31-21-9-5-19(6-10-21)12-14-29-2/h3-10,22-27H,11-17H2,1-2H3/t22-,23-,24-,25-/m1/s1. The summed E-state index contributed by atoms with van der Waals surface area (Å²) in [5, 5.41) is 21.2. The van der Waals surface area contributed by atoms with E-state index in [9.17, 15) is 10.2 Å². The maximum Gasteiger partial charge on any atom is 0.148 e. The average Bonchev–Trinajstić information content (AvgIpc) is 2.98. The molecule has 8 heteroatoms. The lowest BCUT2D eigenvalue weighted by Crippen LogP contribution is -2.47. The van der Waals surface area contributed by atoms with Gasteiger partial charge in [0.2, 0.25) is 0 Å². The van der Waals surface area contributed by atoms with Crippen LogP contribution in [0.15, 0.2) is 48.5 Å². The number of hydrogen-bond donors (Lipinski definition) is 2. The Bertz CT molecular complexity index is 728. The van der Waals surface area contributed by atoms with E-state index in [1.54, 1.807) is 14.2 Å². The Morgan fingerprint density at radius 3 is 1.45 bits per heavy atom. The summed E-state index contributed by atoms with van der Waals surface area (Å²) in [6.45, 7) is 1.39. The van der Waals surface area contributed by atoms with Gasteiger partial charge in [-0.25, -0.2) is 0 Å². The second kappa shape index (κ2) is 13.5. The summed E-state index contributed by atoms with van der Waals surface area (Å²) in [7, 11) is 3.35. The van der Waals surface area contributed by atoms with Gasteiger partial charge in [-0.1, -0.05) is 24.3 Å². The summed E-state index contributed by atoms with van der Waals surface area (Å²) in [6, 6.07) is 15.3. The Morgan fingerprint density at radius 1 is 0.697 bits per heavy atom. The van der Waals surface area contributed by atoms with Crippen LogP contribution >= 0.6 is 0 Å². The molecule has 182 valence electrons. The molecule has 3 rings (SSSR count). The molecular weight excluding hydrogens is 428 g/mol. The van der Waals surface area contributed by atoms with Crippen molar-refractivity contribution < 1.29 is 38.6 Å². The van der Waals surface area contributed by atoms with E-state index in [0.29, 0.717) is 24.7 Å². The van der Waals surface area contributed by atoms with Gasteiger partial charge in [-0.15, -0.1) is 0 Å². The Labute approximate surface area is 194 Å². The minimum absolute atomic E-state index is 0.0789. The average molecular weight is 463 g/mol. The third kappa shape index (κ3) is 7.96. The maximum atomic E-state index is 10.6. The van der Waals surface area contributed by atoms with Crippen LogP contribution in [0.5, 0.6) is 11.5 Å². The van der Waals surface area contributed by atoms with Gasteiger partial charge >= 0.3 is 0 Å². The molecule has 1 heterocycles. The van der Waals surface area contributed by atoms with E-state index in [-0.39, 0.29) is 20.0 Å². The largest absolute Gasteiger partial charge is 0.491 e. The number of hydrogen-bond acceptors (Lipinski definition) is 8. The fraction of sp³-hybridized carbons (Fsp3) is 0.520. The molecule has 2 aromatic carbocycles. The van der Waals surface area contributed by atoms with Gasteiger partial charge in [0.25, 0.3) is 0 Å². The highest BCUT2D eigenvalue weighted by molar-refractivity contribution is 5.28. The predicted octanol–water partition coefficient (Wildman–Crippen LogP) is 1.99. The molecule has 0 radical (unpaired) electrons. The minimum Gasteiger partial charge on any atom is -0.491 e. The van der Waals surface area contributed by atoms with Gasteiger partial charge in [-0.3, -0.25) is 0 Å². The number of ether oxygens (including phenoxy) is 6. The van der Waals surface area contributed by atoms with Crippen molar-refractivity contribution in [3.63, 3.8) is 0 Å². The van der Waals surface area contributed by atoms with Crippen molar-refractivity contribution in [2.75, 3.05) is 47.4 Å². The molecule has 0 amide bonds. The summed E-state index contributed by atoms with van der Waals surface area (Å²) in [4.78, 5) is 0. The molecule has 1 saturated heterocycles. The van der Waals surface area contributed by atoms with Crippen molar-refractivity contribution in [3.05, 3.63) is 59.7 Å². The first-order valence-corrected chi connectivity index (χ1v) is 11.1. The third-order valence-electron chi connectivity index (χ3n) is 5.54. The molecule has 2 aromatic rings. The van der Waals surface area contributed by atoms with Crippen molar-refractivity contribution >= 4 is 0 Å². The molecule has 1 aliphatic rings. The first kappa shape index (κ1) is 25.4. The summed E-state index contributed by atoms with van der Waals surface area (Å²) in [6.07, 6.45) is -2.19. The molecule has 0 aliphatic carbocycles. The van der Waals surface area contributed by atoms with Gasteiger partial charge in [0.05, 0.1) is 13.2 Å². The van der Waals surface area contributed by atoms with Crippen LogP contribution in [0.25, 0.3) is 0 Å². The van der Waals surface area contributed by atoms with Gasteiger partial charge in [-0.05, 0) is 48.2 Å². The first-order chi connectivity index (χ1) is 16.1. The van der Waals surface area contributed by atoms with Gasteiger partial charge in [-0.2, -0.15) is 0 Å². The van der Waals surface area contributed by atoms with Crippen LogP contribution in [0.4, 0.5) is 0 Å². The third-order valence-corrected chi connectivity index (χ3v) is 5.54. The number of aliphatic hydroxyl groups is 2. The lowest BCUT2D eigenvalue weighted by molar-refractivity contribution is -0.119. The van der Waals surface area contributed by atoms with Crippen molar-refractivity contribution in [3.8, 4) is 11.5 Å². The van der Waals surface area contributed by atoms with Crippen molar-refractivity contribution in [1.29, 1.82) is 0 Å². The Balaban J connectivity index is 1.47. The van der Waals surface area contributed by atoms with Gasteiger partial charge in [0.1, 0.15) is 55.9 Å². The Hall–Kier alpha value is -2.20. The van der Waals surface area contributed by atoms with Crippen LogP contribution in [0.2, 0.25) is 0 Å². The lowest BCUT2D eigenvalue weighted by Gasteiger charge is -2.26. The van der Waals surface area contributed by atoms with Crippen LogP contribution in [0.3, 0.4) is 0 Å². The number of rotatable bonds is 12. The maximum absolute atomic E-state index is 10.6. The van der Waals surface area contributed by atoms with E-state index in [4.69, 9.17) is 28.4 Å². The van der Waals surface area contributed by atoms with Crippen LogP contribution in [-0.2, 0) is 31.8 Å². The highest BCUT2D eigenvalue weighted by Crippen LogP contribution is 2.20. The molecule has 0 spiro atoms. The minimum atomic E-state index is -1.18. The summed E-state index contributed by atoms with van der Waals surface area (Å²) in [5.41, 5.74) is 2.29. The molecule has 4 atom stereocenters. The van der Waals surface area contributed by atoms with E-state index < -0.39 is 24.4 Å². The summed E-state index contributed by atoms with van der Waals surface area (Å²) >= 11 is 0. The number of benzene rings is 2. The molecule has 2 N–H and O–H groups in total. The Morgan fingerprint density at radius 2 is 1.09 bits per heavy atom. The van der Waals surface area contributed by atoms with Crippen LogP contribution in [0, 0.1) is 0 Å². The summed E-state index contributed by atoms with van der Waals surface area (Å²) < 4.78 is 32.8. The molecule has 0 bridgehead atoms. The predicted molar refractivity (Wildman–Crippen MR) is 122 cm³/mol. The molecule has 0 saturated carbocycles. The fourth-order valence-corrected chi connectivity index (χ4v) is 3.45. The van der Waals surface area contributed by atoms with E-state index in [0.717, 1.165) is 24.0 Å². The molecule has 1 aliphatic heterocycles. The van der Waals surface area contributed by atoms with Crippen LogP contribution in [-0.4, -0.2) is 82.1 Å². The lowest BCUT2D eigenvalue weighted by atomic mass is 10.0. The first-order valence-electron chi connectivity index (χ1n) is 11.1. The molecular formula is C25H34O8. The SMILES string of the molecule is COCCc1ccc(OC[C@H]2OCO[C@H](COc3ccc(CCOC)cc3)[C@@H](O)[C@@H]2O)cc1. The topological polar surface area (TPSA) is 95.8 Å². The zero-order valence-corrected chi connectivity index (χ0v) is 19.2. The zero-order valence-electron chi connectivity index (χ0n) is 19.2. The van der Waals surface area contributed by atoms with E-state index >= 15 is 0 Å². The second-order valence-electron chi connectivity index (χ2n) is 7.90. The smallest absolute Gasteiger partial charge is 0.148 e. The Kier molecular flexibility index (Phi) is 10.4. The van der Waals surface area contributed by atoms with Crippen LogP contribution in [0.1, 0.15) is 11.1 Å². The fourth-order valence-electron chi connectivity index (χ4n) is 3.45. The second-order valence-corrected chi connectivity index (χ2v) is 7.90. The van der Waals surface area contributed by atoms with Crippen LogP contribution < -0.4 is 9.47 Å². The van der Waals surface area contributed by atoms with E-state index in [2.05, 4.69) is 0 Å². The molecule has 0 aromatic heterocycles. The highest BCUT2D eigenvalue weighted by Gasteiger charge is 2.37. The molecule has 8 nitrogen and oxygen atoms in total.